The van der Waals surface area contributed by atoms with Crippen LogP contribution in [-0.2, 0) is 9.53 Å². The van der Waals surface area contributed by atoms with Crippen molar-refractivity contribution in [2.75, 3.05) is 26.8 Å². The summed E-state index contributed by atoms with van der Waals surface area (Å²) in [6, 6.07) is 6.08. The van der Waals surface area contributed by atoms with Gasteiger partial charge in [-0.15, -0.1) is 0 Å². The van der Waals surface area contributed by atoms with Gasteiger partial charge in [0, 0.05) is 32.2 Å². The first-order chi connectivity index (χ1) is 11.0. The molecule has 0 radical (unpaired) electrons. The maximum Gasteiger partial charge on any atom is 0.254 e. The molecule has 23 heavy (non-hydrogen) atoms. The Morgan fingerprint density at radius 2 is 1.91 bits per heavy atom. The monoisotopic (exact) mass is 316 g/mol. The van der Waals surface area contributed by atoms with Crippen molar-refractivity contribution in [3.63, 3.8) is 0 Å². The van der Waals surface area contributed by atoms with Gasteiger partial charge in [-0.25, -0.2) is 0 Å². The fourth-order valence-electron chi connectivity index (χ4n) is 3.92. The van der Waals surface area contributed by atoms with Crippen LogP contribution in [-0.4, -0.2) is 60.5 Å². The molecule has 124 valence electrons. The molecule has 2 amide bonds. The second kappa shape index (κ2) is 6.32. The van der Waals surface area contributed by atoms with Gasteiger partial charge in [0.25, 0.3) is 5.91 Å². The molecular weight excluding hydrogens is 292 g/mol. The Bertz CT molecular complexity index is 608. The molecule has 5 heteroatoms. The molecule has 0 saturated carbocycles. The highest BCUT2D eigenvalue weighted by molar-refractivity contribution is 5.96. The third-order valence-electron chi connectivity index (χ3n) is 4.88. The molecule has 2 saturated heterocycles. The molecule has 2 heterocycles. The number of fused-ring (bicyclic) bond motifs is 1. The van der Waals surface area contributed by atoms with Gasteiger partial charge >= 0.3 is 0 Å². The normalized spacial score (nSPS) is 23.5. The lowest BCUT2D eigenvalue weighted by Gasteiger charge is -2.25. The fourth-order valence-corrected chi connectivity index (χ4v) is 3.92. The van der Waals surface area contributed by atoms with E-state index in [1.807, 2.05) is 35.8 Å². The van der Waals surface area contributed by atoms with Crippen molar-refractivity contribution in [2.24, 2.45) is 0 Å². The average Bonchev–Trinajstić information content (AvgIpc) is 3.02. The van der Waals surface area contributed by atoms with Crippen molar-refractivity contribution in [3.05, 3.63) is 34.9 Å². The highest BCUT2D eigenvalue weighted by Gasteiger charge is 2.48. The lowest BCUT2D eigenvalue weighted by atomic mass is 10.1. The third-order valence-corrected chi connectivity index (χ3v) is 4.88. The first-order valence-electron chi connectivity index (χ1n) is 8.19. The van der Waals surface area contributed by atoms with Crippen LogP contribution >= 0.6 is 0 Å². The summed E-state index contributed by atoms with van der Waals surface area (Å²) in [4.78, 5) is 28.9. The molecule has 0 bridgehead atoms. The summed E-state index contributed by atoms with van der Waals surface area (Å²) >= 11 is 0. The average molecular weight is 316 g/mol. The van der Waals surface area contributed by atoms with Gasteiger partial charge < -0.3 is 14.5 Å². The molecule has 0 aromatic heterocycles. The number of rotatable bonds is 4. The topological polar surface area (TPSA) is 49.9 Å². The molecule has 2 aliphatic heterocycles. The van der Waals surface area contributed by atoms with Crippen molar-refractivity contribution < 1.29 is 14.3 Å². The summed E-state index contributed by atoms with van der Waals surface area (Å²) in [5.74, 6) is 0.181. The number of likely N-dealkylation sites (tertiary alicyclic amines) is 2. The van der Waals surface area contributed by atoms with Gasteiger partial charge in [0.15, 0.2) is 0 Å². The van der Waals surface area contributed by atoms with Gasteiger partial charge in [0.05, 0.1) is 18.7 Å². The standard InChI is InChI=1S/C18H24N2O3/c1-12-8-13(2)10-14(9-12)18(22)20-5-4-15-16(20)11-17(21)19(15)6-7-23-3/h8-10,15-16H,4-7,11H2,1-3H3. The summed E-state index contributed by atoms with van der Waals surface area (Å²) < 4.78 is 5.10. The SMILES string of the molecule is COCCN1C(=O)CC2C1CCN2C(=O)c1cc(C)cc(C)c1. The van der Waals surface area contributed by atoms with Crippen LogP contribution in [0.3, 0.4) is 0 Å². The second-order valence-electron chi connectivity index (χ2n) is 6.58. The third kappa shape index (κ3) is 2.98. The quantitative estimate of drug-likeness (QED) is 0.850. The van der Waals surface area contributed by atoms with Crippen LogP contribution in [0, 0.1) is 13.8 Å². The van der Waals surface area contributed by atoms with Gasteiger partial charge in [-0.1, -0.05) is 17.2 Å². The number of amides is 2. The zero-order chi connectivity index (χ0) is 16.6. The van der Waals surface area contributed by atoms with E-state index in [1.54, 1.807) is 7.11 Å². The van der Waals surface area contributed by atoms with Gasteiger partial charge in [-0.3, -0.25) is 9.59 Å². The molecule has 2 unspecified atom stereocenters. The highest BCUT2D eigenvalue weighted by Crippen LogP contribution is 2.33. The summed E-state index contributed by atoms with van der Waals surface area (Å²) in [5.41, 5.74) is 2.91. The van der Waals surface area contributed by atoms with Crippen LogP contribution in [0.2, 0.25) is 0 Å². The smallest absolute Gasteiger partial charge is 0.254 e. The Kier molecular flexibility index (Phi) is 4.39. The summed E-state index contributed by atoms with van der Waals surface area (Å²) in [6.45, 7) is 5.88. The van der Waals surface area contributed by atoms with Crippen molar-refractivity contribution in [2.45, 2.75) is 38.8 Å². The first-order valence-corrected chi connectivity index (χ1v) is 8.19. The van der Waals surface area contributed by atoms with Gasteiger partial charge in [-0.2, -0.15) is 0 Å². The number of carbonyl (C=O) groups is 2. The molecule has 1 aromatic carbocycles. The lowest BCUT2D eigenvalue weighted by molar-refractivity contribution is -0.129. The van der Waals surface area contributed by atoms with Crippen LogP contribution in [0.25, 0.3) is 0 Å². The Balaban J connectivity index is 1.78. The minimum atomic E-state index is 0.00711. The molecule has 3 rings (SSSR count). The zero-order valence-corrected chi connectivity index (χ0v) is 14.0. The number of hydrogen-bond donors (Lipinski definition) is 0. The van der Waals surface area contributed by atoms with Crippen molar-refractivity contribution in [3.8, 4) is 0 Å². The predicted octanol–water partition coefficient (Wildman–Crippen LogP) is 1.77. The van der Waals surface area contributed by atoms with E-state index in [0.29, 0.717) is 19.6 Å². The van der Waals surface area contributed by atoms with E-state index in [2.05, 4.69) is 6.07 Å². The molecule has 2 fully saturated rings. The van der Waals surface area contributed by atoms with Gasteiger partial charge in [0.1, 0.15) is 0 Å². The Hall–Kier alpha value is -1.88. The molecule has 5 nitrogen and oxygen atoms in total. The first kappa shape index (κ1) is 16.0. The van der Waals surface area contributed by atoms with E-state index < -0.39 is 0 Å². The van der Waals surface area contributed by atoms with Crippen LogP contribution in [0.1, 0.15) is 34.3 Å². The number of nitrogens with zero attached hydrogens (tertiary/aromatic N) is 2. The van der Waals surface area contributed by atoms with E-state index in [4.69, 9.17) is 4.74 Å². The van der Waals surface area contributed by atoms with E-state index >= 15 is 0 Å². The summed E-state index contributed by atoms with van der Waals surface area (Å²) in [6.07, 6.45) is 1.29. The Labute approximate surface area is 137 Å². The maximum absolute atomic E-state index is 12.9. The number of carbonyl (C=O) groups excluding carboxylic acids is 2. The zero-order valence-electron chi connectivity index (χ0n) is 14.0. The van der Waals surface area contributed by atoms with E-state index in [1.165, 1.54) is 0 Å². The Morgan fingerprint density at radius 3 is 2.57 bits per heavy atom. The number of hydrogen-bond acceptors (Lipinski definition) is 3. The van der Waals surface area contributed by atoms with Crippen LogP contribution < -0.4 is 0 Å². The molecule has 1 aromatic rings. The summed E-state index contributed by atoms with van der Waals surface area (Å²) in [7, 11) is 1.64. The molecule has 0 N–H and O–H groups in total. The van der Waals surface area contributed by atoms with Crippen molar-refractivity contribution >= 4 is 11.8 Å². The van der Waals surface area contributed by atoms with Gasteiger partial charge in [-0.05, 0) is 32.4 Å². The van der Waals surface area contributed by atoms with E-state index in [0.717, 1.165) is 29.7 Å². The second-order valence-corrected chi connectivity index (χ2v) is 6.58. The molecular formula is C18H24N2O3. The minimum absolute atomic E-state index is 0.00711. The highest BCUT2D eigenvalue weighted by atomic mass is 16.5. The molecule has 0 spiro atoms. The molecule has 0 aliphatic carbocycles. The number of ether oxygens (including phenoxy) is 1. The van der Waals surface area contributed by atoms with E-state index in [9.17, 15) is 9.59 Å². The van der Waals surface area contributed by atoms with Crippen LogP contribution in [0.5, 0.6) is 0 Å². The fraction of sp³-hybridized carbons (Fsp3) is 0.556. The lowest BCUT2D eigenvalue weighted by Crippen LogP contribution is -2.40. The van der Waals surface area contributed by atoms with E-state index in [-0.39, 0.29) is 23.9 Å². The van der Waals surface area contributed by atoms with Crippen molar-refractivity contribution in [1.82, 2.24) is 9.80 Å². The Morgan fingerprint density at radius 1 is 1.22 bits per heavy atom. The number of benzene rings is 1. The predicted molar refractivity (Wildman–Crippen MR) is 87.4 cm³/mol. The van der Waals surface area contributed by atoms with Crippen LogP contribution in [0.15, 0.2) is 18.2 Å². The maximum atomic E-state index is 12.9. The number of aryl methyl sites for hydroxylation is 2. The number of methoxy groups -OCH3 is 1. The minimum Gasteiger partial charge on any atom is -0.383 e. The molecule has 2 aliphatic rings. The van der Waals surface area contributed by atoms with Gasteiger partial charge in [0.2, 0.25) is 5.91 Å². The van der Waals surface area contributed by atoms with Crippen LogP contribution in [0.4, 0.5) is 0 Å². The van der Waals surface area contributed by atoms with Crippen molar-refractivity contribution in [1.29, 1.82) is 0 Å². The largest absolute Gasteiger partial charge is 0.383 e. The molecule has 2 atom stereocenters. The summed E-state index contributed by atoms with van der Waals surface area (Å²) in [5, 5.41) is 0.